The lowest BCUT2D eigenvalue weighted by Crippen LogP contribution is -2.22. The minimum atomic E-state index is -0.0169. The third-order valence-electron chi connectivity index (χ3n) is 3.28. The molecule has 102 valence electrons. The van der Waals surface area contributed by atoms with Gasteiger partial charge in [0.2, 0.25) is 0 Å². The van der Waals surface area contributed by atoms with E-state index in [-0.39, 0.29) is 5.56 Å². The summed E-state index contributed by atoms with van der Waals surface area (Å²) < 4.78 is 4.50. The van der Waals surface area contributed by atoms with Crippen molar-refractivity contribution in [1.82, 2.24) is 19.1 Å². The van der Waals surface area contributed by atoms with Crippen LogP contribution < -0.4 is 5.56 Å². The molecule has 0 atom stereocenters. The number of benzene rings is 1. The molecular formula is C14H13BrN4O. The highest BCUT2D eigenvalue weighted by atomic mass is 79.9. The van der Waals surface area contributed by atoms with Crippen LogP contribution in [0.15, 0.2) is 46.2 Å². The lowest BCUT2D eigenvalue weighted by atomic mass is 10.2. The number of halogens is 1. The van der Waals surface area contributed by atoms with Crippen molar-refractivity contribution in [2.45, 2.75) is 13.0 Å². The predicted molar refractivity (Wildman–Crippen MR) is 80.6 cm³/mol. The van der Waals surface area contributed by atoms with Gasteiger partial charge in [0.15, 0.2) is 0 Å². The molecule has 0 unspecified atom stereocenters. The number of hydrogen-bond donors (Lipinski definition) is 0. The third-order valence-corrected chi connectivity index (χ3v) is 3.78. The number of rotatable bonds is 3. The summed E-state index contributed by atoms with van der Waals surface area (Å²) in [7, 11) is 1.95. The summed E-state index contributed by atoms with van der Waals surface area (Å²) in [6.07, 6.45) is 5.95. The molecule has 0 saturated heterocycles. The molecule has 2 heterocycles. The lowest BCUT2D eigenvalue weighted by Gasteiger charge is -2.07. The second kappa shape index (κ2) is 5.20. The normalized spacial score (nSPS) is 11.1. The van der Waals surface area contributed by atoms with E-state index < -0.39 is 0 Å². The standard InChI is InChI=1S/C14H13BrN4O/c1-18-7-5-16-13(18)4-6-19-9-17-12-8-10(15)2-3-11(12)14(19)20/h2-3,5,7-9H,4,6H2,1H3. The van der Waals surface area contributed by atoms with E-state index in [2.05, 4.69) is 25.9 Å². The molecule has 0 bridgehead atoms. The van der Waals surface area contributed by atoms with Gasteiger partial charge in [-0.25, -0.2) is 9.97 Å². The van der Waals surface area contributed by atoms with Crippen molar-refractivity contribution in [2.24, 2.45) is 7.05 Å². The van der Waals surface area contributed by atoms with Crippen molar-refractivity contribution in [3.05, 3.63) is 57.6 Å². The van der Waals surface area contributed by atoms with Gasteiger partial charge in [-0.3, -0.25) is 9.36 Å². The molecule has 6 heteroatoms. The molecule has 2 aromatic heterocycles. The highest BCUT2D eigenvalue weighted by Crippen LogP contribution is 2.14. The number of aryl methyl sites for hydroxylation is 3. The van der Waals surface area contributed by atoms with Gasteiger partial charge in [-0.15, -0.1) is 0 Å². The van der Waals surface area contributed by atoms with Crippen molar-refractivity contribution in [1.29, 1.82) is 0 Å². The maximum Gasteiger partial charge on any atom is 0.261 e. The second-order valence-electron chi connectivity index (χ2n) is 4.61. The SMILES string of the molecule is Cn1ccnc1CCn1cnc2cc(Br)ccc2c1=O. The number of fused-ring (bicyclic) bond motifs is 1. The van der Waals surface area contributed by atoms with Crippen molar-refractivity contribution >= 4 is 26.8 Å². The molecule has 3 aromatic rings. The first-order chi connectivity index (χ1) is 9.65. The Balaban J connectivity index is 1.93. The Morgan fingerprint density at radius 3 is 2.90 bits per heavy atom. The van der Waals surface area contributed by atoms with Crippen LogP contribution >= 0.6 is 15.9 Å². The number of hydrogen-bond acceptors (Lipinski definition) is 3. The largest absolute Gasteiger partial charge is 0.338 e. The molecule has 0 aliphatic rings. The van der Waals surface area contributed by atoms with Crippen LogP contribution in [0.25, 0.3) is 10.9 Å². The topological polar surface area (TPSA) is 52.7 Å². The van der Waals surface area contributed by atoms with E-state index in [1.54, 1.807) is 23.2 Å². The van der Waals surface area contributed by atoms with Crippen molar-refractivity contribution < 1.29 is 0 Å². The van der Waals surface area contributed by atoms with Gasteiger partial charge in [-0.1, -0.05) is 15.9 Å². The lowest BCUT2D eigenvalue weighted by molar-refractivity contribution is 0.627. The number of nitrogens with zero attached hydrogens (tertiary/aromatic N) is 4. The average Bonchev–Trinajstić information content (AvgIpc) is 2.83. The van der Waals surface area contributed by atoms with Crippen LogP contribution in [0.1, 0.15) is 5.82 Å². The Morgan fingerprint density at radius 1 is 1.30 bits per heavy atom. The van der Waals surface area contributed by atoms with Gasteiger partial charge in [-0.2, -0.15) is 0 Å². The first kappa shape index (κ1) is 13.1. The monoisotopic (exact) mass is 332 g/mol. The molecule has 1 aromatic carbocycles. The van der Waals surface area contributed by atoms with Gasteiger partial charge in [-0.05, 0) is 18.2 Å². The van der Waals surface area contributed by atoms with Crippen LogP contribution in [-0.4, -0.2) is 19.1 Å². The van der Waals surface area contributed by atoms with Crippen LogP contribution in [0, 0.1) is 0 Å². The molecule has 0 fully saturated rings. The Bertz CT molecular complexity index is 821. The minimum absolute atomic E-state index is 0.0169. The van der Waals surface area contributed by atoms with E-state index in [0.29, 0.717) is 23.9 Å². The van der Waals surface area contributed by atoms with Crippen LogP contribution in [0.4, 0.5) is 0 Å². The maximum atomic E-state index is 12.4. The molecule has 0 amide bonds. The smallest absolute Gasteiger partial charge is 0.261 e. The molecule has 0 radical (unpaired) electrons. The van der Waals surface area contributed by atoms with Crippen LogP contribution in [-0.2, 0) is 20.0 Å². The zero-order chi connectivity index (χ0) is 14.1. The van der Waals surface area contributed by atoms with E-state index in [0.717, 1.165) is 10.3 Å². The number of aromatic nitrogens is 4. The van der Waals surface area contributed by atoms with Gasteiger partial charge in [0.25, 0.3) is 5.56 Å². The highest BCUT2D eigenvalue weighted by molar-refractivity contribution is 9.10. The highest BCUT2D eigenvalue weighted by Gasteiger charge is 2.06. The molecular weight excluding hydrogens is 320 g/mol. The average molecular weight is 333 g/mol. The fraction of sp³-hybridized carbons (Fsp3) is 0.214. The summed E-state index contributed by atoms with van der Waals surface area (Å²) in [6.45, 7) is 0.572. The summed E-state index contributed by atoms with van der Waals surface area (Å²) in [5, 5.41) is 0.635. The summed E-state index contributed by atoms with van der Waals surface area (Å²) in [5.41, 5.74) is 0.689. The molecule has 3 rings (SSSR count). The maximum absolute atomic E-state index is 12.4. The van der Waals surface area contributed by atoms with E-state index in [9.17, 15) is 4.79 Å². The Labute approximate surface area is 124 Å². The van der Waals surface area contributed by atoms with Crippen molar-refractivity contribution in [3.63, 3.8) is 0 Å². The van der Waals surface area contributed by atoms with Gasteiger partial charge >= 0.3 is 0 Å². The van der Waals surface area contributed by atoms with Crippen molar-refractivity contribution in [3.8, 4) is 0 Å². The Morgan fingerprint density at radius 2 is 2.15 bits per heavy atom. The summed E-state index contributed by atoms with van der Waals surface area (Å²) >= 11 is 3.38. The Hall–Kier alpha value is -1.95. The fourth-order valence-corrected chi connectivity index (χ4v) is 2.50. The first-order valence-corrected chi connectivity index (χ1v) is 7.05. The molecule has 20 heavy (non-hydrogen) atoms. The molecule has 0 spiro atoms. The van der Waals surface area contributed by atoms with E-state index in [1.165, 1.54) is 0 Å². The molecule has 0 aliphatic carbocycles. The van der Waals surface area contributed by atoms with Gasteiger partial charge in [0.05, 0.1) is 17.2 Å². The van der Waals surface area contributed by atoms with Gasteiger partial charge < -0.3 is 4.57 Å². The van der Waals surface area contributed by atoms with Crippen LogP contribution in [0.3, 0.4) is 0 Å². The van der Waals surface area contributed by atoms with E-state index >= 15 is 0 Å². The number of imidazole rings is 1. The summed E-state index contributed by atoms with van der Waals surface area (Å²) in [5.74, 6) is 0.952. The van der Waals surface area contributed by atoms with Crippen molar-refractivity contribution in [2.75, 3.05) is 0 Å². The first-order valence-electron chi connectivity index (χ1n) is 6.26. The van der Waals surface area contributed by atoms with Crippen LogP contribution in [0.2, 0.25) is 0 Å². The fourth-order valence-electron chi connectivity index (χ4n) is 2.15. The third kappa shape index (κ3) is 2.38. The Kier molecular flexibility index (Phi) is 3.40. The zero-order valence-electron chi connectivity index (χ0n) is 11.0. The quantitative estimate of drug-likeness (QED) is 0.738. The predicted octanol–water partition coefficient (Wildman–Crippen LogP) is 2.14. The summed E-state index contributed by atoms with van der Waals surface area (Å²) in [4.78, 5) is 21.0. The van der Waals surface area contributed by atoms with Gasteiger partial charge in [0.1, 0.15) is 5.82 Å². The van der Waals surface area contributed by atoms with E-state index in [4.69, 9.17) is 0 Å². The summed E-state index contributed by atoms with van der Waals surface area (Å²) in [6, 6.07) is 5.50. The van der Waals surface area contributed by atoms with E-state index in [1.807, 2.05) is 29.9 Å². The molecule has 0 aliphatic heterocycles. The molecule has 0 N–H and O–H groups in total. The minimum Gasteiger partial charge on any atom is -0.338 e. The molecule has 5 nitrogen and oxygen atoms in total. The molecule has 0 saturated carbocycles. The second-order valence-corrected chi connectivity index (χ2v) is 5.52. The zero-order valence-corrected chi connectivity index (χ0v) is 12.5. The van der Waals surface area contributed by atoms with Gasteiger partial charge in [0, 0.05) is 36.9 Å². The van der Waals surface area contributed by atoms with Crippen LogP contribution in [0.5, 0.6) is 0 Å².